The first-order chi connectivity index (χ1) is 8.26. The van der Waals surface area contributed by atoms with Crippen molar-refractivity contribution in [1.29, 1.82) is 0 Å². The summed E-state index contributed by atoms with van der Waals surface area (Å²) in [5.74, 6) is 1.31. The quantitative estimate of drug-likeness (QED) is 0.683. The molecule has 4 heteroatoms. The molecule has 1 fully saturated rings. The molecule has 0 saturated carbocycles. The number of rotatable bonds is 8. The van der Waals surface area contributed by atoms with Crippen LogP contribution in [0, 0.1) is 5.92 Å². The van der Waals surface area contributed by atoms with Crippen LogP contribution in [0.2, 0.25) is 0 Å². The lowest BCUT2D eigenvalue weighted by Crippen LogP contribution is -2.31. The van der Waals surface area contributed by atoms with E-state index < -0.39 is 0 Å². The van der Waals surface area contributed by atoms with Crippen LogP contribution in [0.25, 0.3) is 0 Å². The molecule has 3 nitrogen and oxygen atoms in total. The summed E-state index contributed by atoms with van der Waals surface area (Å²) in [6, 6.07) is 0. The summed E-state index contributed by atoms with van der Waals surface area (Å²) in [4.78, 5) is 11.7. The zero-order valence-electron chi connectivity index (χ0n) is 10.7. The van der Waals surface area contributed by atoms with Crippen LogP contribution in [0.1, 0.15) is 45.4 Å². The van der Waals surface area contributed by atoms with Crippen LogP contribution in [0.5, 0.6) is 0 Å². The Labute approximate surface area is 109 Å². The average Bonchev–Trinajstić information content (AvgIpc) is 2.79. The molecule has 0 aromatic carbocycles. The molecule has 0 spiro atoms. The Morgan fingerprint density at radius 3 is 2.94 bits per heavy atom. The standard InChI is InChI=1S/C13H24ClNO2/c1-2-4-11(6-7-14)10-15-13(16)9-12-5-3-8-17-12/h11-12H,2-10H2,1H3,(H,15,16). The van der Waals surface area contributed by atoms with Crippen molar-refractivity contribution in [3.8, 4) is 0 Å². The number of halogens is 1. The van der Waals surface area contributed by atoms with E-state index in [1.165, 1.54) is 0 Å². The molecule has 0 aromatic heterocycles. The summed E-state index contributed by atoms with van der Waals surface area (Å²) in [5, 5.41) is 3.00. The molecular formula is C13H24ClNO2. The van der Waals surface area contributed by atoms with Crippen LogP contribution in [0.15, 0.2) is 0 Å². The van der Waals surface area contributed by atoms with Gasteiger partial charge >= 0.3 is 0 Å². The Balaban J connectivity index is 2.15. The third-order valence-electron chi connectivity index (χ3n) is 3.24. The van der Waals surface area contributed by atoms with Crippen molar-refractivity contribution in [1.82, 2.24) is 5.32 Å². The summed E-state index contributed by atoms with van der Waals surface area (Å²) >= 11 is 5.75. The lowest BCUT2D eigenvalue weighted by atomic mass is 10.0. The third-order valence-corrected chi connectivity index (χ3v) is 3.46. The van der Waals surface area contributed by atoms with Gasteiger partial charge in [0.1, 0.15) is 0 Å². The fraction of sp³-hybridized carbons (Fsp3) is 0.923. The maximum atomic E-state index is 11.7. The first kappa shape index (κ1) is 14.8. The number of nitrogens with one attached hydrogen (secondary N) is 1. The number of alkyl halides is 1. The largest absolute Gasteiger partial charge is 0.378 e. The lowest BCUT2D eigenvalue weighted by molar-refractivity contribution is -0.123. The van der Waals surface area contributed by atoms with Crippen molar-refractivity contribution >= 4 is 17.5 Å². The molecule has 1 saturated heterocycles. The summed E-state index contributed by atoms with van der Waals surface area (Å²) in [6.45, 7) is 3.73. The van der Waals surface area contributed by atoms with Crippen LogP contribution in [-0.2, 0) is 9.53 Å². The smallest absolute Gasteiger partial charge is 0.222 e. The molecule has 100 valence electrons. The van der Waals surface area contributed by atoms with Crippen LogP contribution < -0.4 is 5.32 Å². The summed E-state index contributed by atoms with van der Waals surface area (Å²) in [7, 11) is 0. The number of amides is 1. The molecule has 1 amide bonds. The van der Waals surface area contributed by atoms with Crippen LogP contribution in [0.3, 0.4) is 0 Å². The van der Waals surface area contributed by atoms with E-state index in [4.69, 9.17) is 16.3 Å². The van der Waals surface area contributed by atoms with Gasteiger partial charge in [-0.15, -0.1) is 11.6 Å². The molecular weight excluding hydrogens is 238 g/mol. The monoisotopic (exact) mass is 261 g/mol. The minimum atomic E-state index is 0.118. The SMILES string of the molecule is CCCC(CCCl)CNC(=O)CC1CCCO1. The zero-order chi connectivity index (χ0) is 12.5. The van der Waals surface area contributed by atoms with Crippen LogP contribution in [-0.4, -0.2) is 31.0 Å². The predicted molar refractivity (Wildman–Crippen MR) is 70.3 cm³/mol. The topological polar surface area (TPSA) is 38.3 Å². The summed E-state index contributed by atoms with van der Waals surface area (Å²) < 4.78 is 5.44. The Morgan fingerprint density at radius 1 is 1.53 bits per heavy atom. The molecule has 1 aliphatic rings. The molecule has 1 heterocycles. The van der Waals surface area contributed by atoms with E-state index in [1.807, 2.05) is 0 Å². The van der Waals surface area contributed by atoms with Gasteiger partial charge in [0.25, 0.3) is 0 Å². The van der Waals surface area contributed by atoms with E-state index in [-0.39, 0.29) is 12.0 Å². The second kappa shape index (κ2) is 8.76. The highest BCUT2D eigenvalue weighted by molar-refractivity contribution is 6.17. The van der Waals surface area contributed by atoms with Crippen molar-refractivity contribution in [3.63, 3.8) is 0 Å². The predicted octanol–water partition coefficient (Wildman–Crippen LogP) is 2.72. The number of hydrogen-bond donors (Lipinski definition) is 1. The van der Waals surface area contributed by atoms with E-state index in [0.29, 0.717) is 18.2 Å². The Bertz CT molecular complexity index is 211. The number of ether oxygens (including phenoxy) is 1. The van der Waals surface area contributed by atoms with E-state index >= 15 is 0 Å². The fourth-order valence-electron chi connectivity index (χ4n) is 2.25. The van der Waals surface area contributed by atoms with Crippen LogP contribution >= 0.6 is 11.6 Å². The second-order valence-corrected chi connectivity index (χ2v) is 5.15. The number of carbonyl (C=O) groups excluding carboxylic acids is 1. The lowest BCUT2D eigenvalue weighted by Gasteiger charge is -2.16. The van der Waals surface area contributed by atoms with Gasteiger partial charge in [0, 0.05) is 19.0 Å². The fourth-order valence-corrected chi connectivity index (χ4v) is 2.56. The van der Waals surface area contributed by atoms with Gasteiger partial charge in [0.05, 0.1) is 12.5 Å². The van der Waals surface area contributed by atoms with E-state index in [0.717, 1.165) is 45.3 Å². The summed E-state index contributed by atoms with van der Waals surface area (Å²) in [6.07, 6.45) is 6.02. The van der Waals surface area contributed by atoms with Gasteiger partial charge < -0.3 is 10.1 Å². The molecule has 1 N–H and O–H groups in total. The van der Waals surface area contributed by atoms with Crippen molar-refractivity contribution in [2.45, 2.75) is 51.6 Å². The molecule has 1 rings (SSSR count). The Morgan fingerprint density at radius 2 is 2.35 bits per heavy atom. The van der Waals surface area contributed by atoms with Crippen molar-refractivity contribution in [2.75, 3.05) is 19.0 Å². The first-order valence-corrected chi connectivity index (χ1v) is 7.24. The second-order valence-electron chi connectivity index (χ2n) is 4.78. The highest BCUT2D eigenvalue weighted by Crippen LogP contribution is 2.15. The first-order valence-electron chi connectivity index (χ1n) is 6.70. The third kappa shape index (κ3) is 6.27. The van der Waals surface area contributed by atoms with Crippen molar-refractivity contribution < 1.29 is 9.53 Å². The van der Waals surface area contributed by atoms with Gasteiger partial charge in [-0.3, -0.25) is 4.79 Å². The maximum Gasteiger partial charge on any atom is 0.222 e. The minimum absolute atomic E-state index is 0.118. The van der Waals surface area contributed by atoms with E-state index in [2.05, 4.69) is 12.2 Å². The van der Waals surface area contributed by atoms with Gasteiger partial charge in [-0.25, -0.2) is 0 Å². The number of carbonyl (C=O) groups is 1. The summed E-state index contributed by atoms with van der Waals surface area (Å²) in [5.41, 5.74) is 0. The van der Waals surface area contributed by atoms with Crippen molar-refractivity contribution in [3.05, 3.63) is 0 Å². The molecule has 2 unspecified atom stereocenters. The Hall–Kier alpha value is -0.280. The normalized spacial score (nSPS) is 21.4. The zero-order valence-corrected chi connectivity index (χ0v) is 11.5. The highest BCUT2D eigenvalue weighted by Gasteiger charge is 2.19. The van der Waals surface area contributed by atoms with E-state index in [1.54, 1.807) is 0 Å². The maximum absolute atomic E-state index is 11.7. The van der Waals surface area contributed by atoms with Crippen molar-refractivity contribution in [2.24, 2.45) is 5.92 Å². The average molecular weight is 262 g/mol. The molecule has 0 radical (unpaired) electrons. The minimum Gasteiger partial charge on any atom is -0.378 e. The molecule has 0 aliphatic carbocycles. The van der Waals surface area contributed by atoms with Crippen LogP contribution in [0.4, 0.5) is 0 Å². The van der Waals surface area contributed by atoms with E-state index in [9.17, 15) is 4.79 Å². The van der Waals surface area contributed by atoms with Gasteiger partial charge in [0.2, 0.25) is 5.91 Å². The highest BCUT2D eigenvalue weighted by atomic mass is 35.5. The molecule has 0 bridgehead atoms. The van der Waals surface area contributed by atoms with Gasteiger partial charge in [-0.2, -0.15) is 0 Å². The Kier molecular flexibility index (Phi) is 7.62. The van der Waals surface area contributed by atoms with Gasteiger partial charge in [-0.1, -0.05) is 13.3 Å². The molecule has 2 atom stereocenters. The number of hydrogen-bond acceptors (Lipinski definition) is 2. The van der Waals surface area contributed by atoms with Gasteiger partial charge in [0.15, 0.2) is 0 Å². The molecule has 0 aromatic rings. The molecule has 1 aliphatic heterocycles. The molecule has 17 heavy (non-hydrogen) atoms. The van der Waals surface area contributed by atoms with Gasteiger partial charge in [-0.05, 0) is 31.6 Å².